The number of hydrogen-bond acceptors (Lipinski definition) is 3. The van der Waals surface area contributed by atoms with Gasteiger partial charge in [0.1, 0.15) is 0 Å². The molecule has 2 heterocycles. The summed E-state index contributed by atoms with van der Waals surface area (Å²) in [5, 5.41) is 8.18. The highest BCUT2D eigenvalue weighted by molar-refractivity contribution is 5.92. The van der Waals surface area contributed by atoms with Crippen LogP contribution in [0.5, 0.6) is 0 Å². The molecule has 0 radical (unpaired) electrons. The zero-order valence-corrected chi connectivity index (χ0v) is 11.9. The molecule has 4 rings (SSSR count). The van der Waals surface area contributed by atoms with Crippen molar-refractivity contribution in [2.24, 2.45) is 0 Å². The van der Waals surface area contributed by atoms with E-state index >= 15 is 0 Å². The van der Waals surface area contributed by atoms with Crippen molar-refractivity contribution in [2.75, 3.05) is 5.73 Å². The van der Waals surface area contributed by atoms with Crippen LogP contribution < -0.4 is 5.73 Å². The standard InChI is InChI=1S/C17H18N4/c18-16-14-12-9-5-2-6-10-13(12)15(19-17(14)21-20-16)11-7-3-1-4-8-11/h1,3-4,7-8H,2,5-6,9-10H2,(H3,18,19,20,21). The van der Waals surface area contributed by atoms with Crippen LogP contribution in [-0.2, 0) is 12.8 Å². The normalized spacial score (nSPS) is 14.9. The summed E-state index contributed by atoms with van der Waals surface area (Å²) >= 11 is 0. The summed E-state index contributed by atoms with van der Waals surface area (Å²) < 4.78 is 0. The van der Waals surface area contributed by atoms with Crippen molar-refractivity contribution in [3.63, 3.8) is 0 Å². The molecule has 0 spiro atoms. The Hall–Kier alpha value is -2.36. The SMILES string of the molecule is Nc1n[nH]c2nc(-c3ccccc3)c3c(c12)CCCCC3. The summed E-state index contributed by atoms with van der Waals surface area (Å²) in [6.07, 6.45) is 5.84. The number of fused-ring (bicyclic) bond motifs is 3. The Morgan fingerprint density at radius 1 is 0.952 bits per heavy atom. The molecule has 0 saturated heterocycles. The molecule has 0 aliphatic heterocycles. The Balaban J connectivity index is 2.05. The van der Waals surface area contributed by atoms with Crippen molar-refractivity contribution < 1.29 is 0 Å². The highest BCUT2D eigenvalue weighted by Gasteiger charge is 2.20. The lowest BCUT2D eigenvalue weighted by molar-refractivity contribution is 0.712. The van der Waals surface area contributed by atoms with E-state index in [1.165, 1.54) is 36.0 Å². The molecule has 2 aromatic heterocycles. The minimum absolute atomic E-state index is 0.579. The van der Waals surface area contributed by atoms with E-state index in [2.05, 4.69) is 34.5 Å². The van der Waals surface area contributed by atoms with Gasteiger partial charge in [-0.2, -0.15) is 5.10 Å². The van der Waals surface area contributed by atoms with Gasteiger partial charge in [0.15, 0.2) is 11.5 Å². The number of nitrogens with one attached hydrogen (secondary N) is 1. The fourth-order valence-electron chi connectivity index (χ4n) is 3.36. The number of aromatic amines is 1. The molecule has 3 aromatic rings. The largest absolute Gasteiger partial charge is 0.382 e. The number of aryl methyl sites for hydroxylation is 1. The highest BCUT2D eigenvalue weighted by Crippen LogP contribution is 2.35. The summed E-state index contributed by atoms with van der Waals surface area (Å²) in [5.41, 5.74) is 11.8. The minimum Gasteiger partial charge on any atom is -0.382 e. The van der Waals surface area contributed by atoms with Gasteiger partial charge >= 0.3 is 0 Å². The van der Waals surface area contributed by atoms with Crippen molar-refractivity contribution >= 4 is 16.9 Å². The van der Waals surface area contributed by atoms with Crippen molar-refractivity contribution in [2.45, 2.75) is 32.1 Å². The van der Waals surface area contributed by atoms with Gasteiger partial charge in [0.2, 0.25) is 0 Å². The minimum atomic E-state index is 0.579. The maximum absolute atomic E-state index is 6.06. The van der Waals surface area contributed by atoms with Crippen LogP contribution in [0.3, 0.4) is 0 Å². The van der Waals surface area contributed by atoms with Crippen molar-refractivity contribution in [1.82, 2.24) is 15.2 Å². The first-order valence-electron chi connectivity index (χ1n) is 7.55. The van der Waals surface area contributed by atoms with Gasteiger partial charge in [-0.15, -0.1) is 0 Å². The van der Waals surface area contributed by atoms with E-state index in [0.29, 0.717) is 5.82 Å². The summed E-state index contributed by atoms with van der Waals surface area (Å²) in [5.74, 6) is 0.579. The topological polar surface area (TPSA) is 67.6 Å². The van der Waals surface area contributed by atoms with E-state index in [-0.39, 0.29) is 0 Å². The molecule has 0 amide bonds. The third-order valence-electron chi connectivity index (χ3n) is 4.35. The van der Waals surface area contributed by atoms with Crippen LogP contribution in [0.1, 0.15) is 30.4 Å². The quantitative estimate of drug-likeness (QED) is 0.670. The van der Waals surface area contributed by atoms with Crippen LogP contribution in [0.15, 0.2) is 30.3 Å². The number of rotatable bonds is 1. The number of nitrogen functional groups attached to an aromatic ring is 1. The summed E-state index contributed by atoms with van der Waals surface area (Å²) in [6.45, 7) is 0. The Kier molecular flexibility index (Phi) is 2.88. The molecule has 4 heteroatoms. The molecule has 0 unspecified atom stereocenters. The van der Waals surface area contributed by atoms with E-state index < -0.39 is 0 Å². The summed E-state index contributed by atoms with van der Waals surface area (Å²) in [4.78, 5) is 4.82. The highest BCUT2D eigenvalue weighted by atomic mass is 15.2. The van der Waals surface area contributed by atoms with E-state index in [0.717, 1.165) is 29.6 Å². The number of pyridine rings is 1. The van der Waals surface area contributed by atoms with Crippen LogP contribution >= 0.6 is 0 Å². The second-order valence-corrected chi connectivity index (χ2v) is 5.68. The lowest BCUT2D eigenvalue weighted by Gasteiger charge is -2.13. The average Bonchev–Trinajstić information content (AvgIpc) is 2.75. The molecule has 106 valence electrons. The van der Waals surface area contributed by atoms with E-state index in [1.807, 2.05) is 6.07 Å². The first-order chi connectivity index (χ1) is 10.3. The average molecular weight is 278 g/mol. The zero-order chi connectivity index (χ0) is 14.2. The second kappa shape index (κ2) is 4.88. The van der Waals surface area contributed by atoms with Gasteiger partial charge in [-0.25, -0.2) is 4.98 Å². The number of nitrogens with two attached hydrogens (primary N) is 1. The maximum Gasteiger partial charge on any atom is 0.158 e. The molecule has 0 fully saturated rings. The lowest BCUT2D eigenvalue weighted by Crippen LogP contribution is -2.01. The van der Waals surface area contributed by atoms with Gasteiger partial charge in [-0.3, -0.25) is 5.10 Å². The molecule has 4 nitrogen and oxygen atoms in total. The fraction of sp³-hybridized carbons (Fsp3) is 0.294. The smallest absolute Gasteiger partial charge is 0.158 e. The molecule has 0 saturated carbocycles. The monoisotopic (exact) mass is 278 g/mol. The molecular weight excluding hydrogens is 260 g/mol. The van der Waals surface area contributed by atoms with Crippen LogP contribution in [0.4, 0.5) is 5.82 Å². The second-order valence-electron chi connectivity index (χ2n) is 5.68. The van der Waals surface area contributed by atoms with Crippen LogP contribution in [0, 0.1) is 0 Å². The molecular formula is C17H18N4. The zero-order valence-electron chi connectivity index (χ0n) is 11.9. The number of hydrogen-bond donors (Lipinski definition) is 2. The van der Waals surface area contributed by atoms with E-state index in [9.17, 15) is 0 Å². The van der Waals surface area contributed by atoms with Crippen molar-refractivity contribution in [1.29, 1.82) is 0 Å². The van der Waals surface area contributed by atoms with Gasteiger partial charge < -0.3 is 5.73 Å². The summed E-state index contributed by atoms with van der Waals surface area (Å²) in [7, 11) is 0. The van der Waals surface area contributed by atoms with Gasteiger partial charge in [0.05, 0.1) is 11.1 Å². The Bertz CT molecular complexity index is 789. The van der Waals surface area contributed by atoms with Crippen molar-refractivity contribution in [3.05, 3.63) is 41.5 Å². The van der Waals surface area contributed by atoms with Gasteiger partial charge in [0, 0.05) is 5.56 Å². The first-order valence-corrected chi connectivity index (χ1v) is 7.55. The molecule has 3 N–H and O–H groups in total. The van der Waals surface area contributed by atoms with Gasteiger partial charge in [-0.1, -0.05) is 36.8 Å². The molecule has 1 aliphatic rings. The van der Waals surface area contributed by atoms with Crippen LogP contribution in [-0.4, -0.2) is 15.2 Å². The fourth-order valence-corrected chi connectivity index (χ4v) is 3.36. The lowest BCUT2D eigenvalue weighted by atomic mass is 9.95. The Labute approximate surface area is 123 Å². The van der Waals surface area contributed by atoms with E-state index in [1.54, 1.807) is 0 Å². The number of aromatic nitrogens is 3. The Morgan fingerprint density at radius 3 is 2.52 bits per heavy atom. The van der Waals surface area contributed by atoms with Crippen molar-refractivity contribution in [3.8, 4) is 11.3 Å². The number of nitrogens with zero attached hydrogens (tertiary/aromatic N) is 2. The van der Waals surface area contributed by atoms with Gasteiger partial charge in [-0.05, 0) is 36.8 Å². The third-order valence-corrected chi connectivity index (χ3v) is 4.35. The maximum atomic E-state index is 6.06. The number of H-pyrrole nitrogens is 1. The third kappa shape index (κ3) is 1.98. The predicted molar refractivity (Wildman–Crippen MR) is 85.0 cm³/mol. The Morgan fingerprint density at radius 2 is 1.71 bits per heavy atom. The molecule has 1 aromatic carbocycles. The van der Waals surface area contributed by atoms with Crippen LogP contribution in [0.25, 0.3) is 22.3 Å². The van der Waals surface area contributed by atoms with E-state index in [4.69, 9.17) is 10.7 Å². The predicted octanol–water partition coefficient (Wildman–Crippen LogP) is 3.48. The molecule has 0 bridgehead atoms. The van der Waals surface area contributed by atoms with Gasteiger partial charge in [0.25, 0.3) is 0 Å². The first kappa shape index (κ1) is 12.4. The molecule has 0 atom stereocenters. The number of benzene rings is 1. The van der Waals surface area contributed by atoms with Crippen LogP contribution in [0.2, 0.25) is 0 Å². The molecule has 21 heavy (non-hydrogen) atoms. The molecule has 1 aliphatic carbocycles. The summed E-state index contributed by atoms with van der Waals surface area (Å²) in [6, 6.07) is 10.4. The number of anilines is 1.